The van der Waals surface area contributed by atoms with Crippen molar-refractivity contribution in [3.05, 3.63) is 95.5 Å². The highest BCUT2D eigenvalue weighted by Gasteiger charge is 2.28. The first-order chi connectivity index (χ1) is 17.5. The fourth-order valence-electron chi connectivity index (χ4n) is 3.89. The van der Waals surface area contributed by atoms with Gasteiger partial charge in [0.1, 0.15) is 11.5 Å². The summed E-state index contributed by atoms with van der Waals surface area (Å²) in [6, 6.07) is 22.5. The Labute approximate surface area is 216 Å². The molecule has 188 valence electrons. The molecule has 7 nitrogen and oxygen atoms in total. The zero-order chi connectivity index (χ0) is 25.5. The molecule has 0 saturated heterocycles. The van der Waals surface area contributed by atoms with Crippen molar-refractivity contribution in [3.8, 4) is 11.5 Å². The van der Waals surface area contributed by atoms with E-state index in [1.807, 2.05) is 18.2 Å². The molecule has 1 atom stereocenters. The Bertz CT molecular complexity index is 1360. The molecule has 4 rings (SSSR count). The molecule has 0 fully saturated rings. The van der Waals surface area contributed by atoms with Crippen LogP contribution in [-0.2, 0) is 16.6 Å². The van der Waals surface area contributed by atoms with Crippen molar-refractivity contribution in [2.45, 2.75) is 30.8 Å². The second-order valence-electron chi connectivity index (χ2n) is 8.04. The molecule has 4 aromatic rings. The largest absolute Gasteiger partial charge is 0.497 e. The average Bonchev–Trinajstić information content (AvgIpc) is 3.45. The van der Waals surface area contributed by atoms with E-state index in [1.165, 1.54) is 21.2 Å². The van der Waals surface area contributed by atoms with Crippen LogP contribution in [0.2, 0.25) is 0 Å². The first kappa shape index (κ1) is 25.5. The zero-order valence-corrected chi connectivity index (χ0v) is 22.1. The highest BCUT2D eigenvalue weighted by molar-refractivity contribution is 7.93. The Hall–Kier alpha value is -3.56. The molecule has 0 saturated carbocycles. The fraction of sp³-hybridized carbons (Fsp3) is 0.222. The number of nitrogens with one attached hydrogen (secondary N) is 1. The molecule has 0 aliphatic carbocycles. The maximum atomic E-state index is 13.8. The standard InChI is InChI=1S/C27H29N3O4S2/c1-4-25(20-8-6-5-7-9-20)29-22-11-14-24(15-12-22)36(31,32)30(27-28-16-17-35-27)19-21-10-13-23(33-2)18-26(21)34-3/h5-18,25,29H,4,19H2,1-3H3/t25-/m0/s1. The van der Waals surface area contributed by atoms with E-state index in [0.717, 1.165) is 12.1 Å². The van der Waals surface area contributed by atoms with Gasteiger partial charge < -0.3 is 14.8 Å². The lowest BCUT2D eigenvalue weighted by Gasteiger charge is -2.23. The lowest BCUT2D eigenvalue weighted by Crippen LogP contribution is -2.30. The molecule has 0 amide bonds. The normalized spacial score (nSPS) is 12.1. The number of ether oxygens (including phenoxy) is 2. The summed E-state index contributed by atoms with van der Waals surface area (Å²) in [7, 11) is -0.781. The Morgan fingerprint density at radius 3 is 2.36 bits per heavy atom. The van der Waals surface area contributed by atoms with Gasteiger partial charge in [0.15, 0.2) is 5.13 Å². The minimum atomic E-state index is -3.90. The number of sulfonamides is 1. The van der Waals surface area contributed by atoms with E-state index in [4.69, 9.17) is 9.47 Å². The summed E-state index contributed by atoms with van der Waals surface area (Å²) in [5.41, 5.74) is 2.73. The van der Waals surface area contributed by atoms with Crippen LogP contribution >= 0.6 is 11.3 Å². The van der Waals surface area contributed by atoms with Gasteiger partial charge in [-0.15, -0.1) is 11.3 Å². The van der Waals surface area contributed by atoms with Crippen LogP contribution in [0.4, 0.5) is 10.8 Å². The van der Waals surface area contributed by atoms with Crippen molar-refractivity contribution in [1.82, 2.24) is 4.98 Å². The molecule has 0 unspecified atom stereocenters. The molecule has 9 heteroatoms. The predicted molar refractivity (Wildman–Crippen MR) is 145 cm³/mol. The van der Waals surface area contributed by atoms with Crippen LogP contribution < -0.4 is 19.1 Å². The SMILES string of the molecule is CC[C@H](Nc1ccc(S(=O)(=O)N(Cc2ccc(OC)cc2OC)c2nccs2)cc1)c1ccccc1. The molecule has 36 heavy (non-hydrogen) atoms. The van der Waals surface area contributed by atoms with Gasteiger partial charge in [-0.2, -0.15) is 0 Å². The summed E-state index contributed by atoms with van der Waals surface area (Å²) in [4.78, 5) is 4.47. The van der Waals surface area contributed by atoms with Crippen LogP contribution in [0.3, 0.4) is 0 Å². The van der Waals surface area contributed by atoms with Crippen molar-refractivity contribution in [3.63, 3.8) is 0 Å². The van der Waals surface area contributed by atoms with Gasteiger partial charge in [0.25, 0.3) is 10.0 Å². The molecule has 1 N–H and O–H groups in total. The Kier molecular flexibility index (Phi) is 8.12. The molecule has 0 radical (unpaired) electrons. The maximum absolute atomic E-state index is 13.8. The minimum absolute atomic E-state index is 0.0644. The number of aromatic nitrogens is 1. The van der Waals surface area contributed by atoms with Crippen LogP contribution in [0.1, 0.15) is 30.5 Å². The second kappa shape index (κ2) is 11.5. The highest BCUT2D eigenvalue weighted by Crippen LogP contribution is 2.32. The molecule has 0 aliphatic heterocycles. The van der Waals surface area contributed by atoms with Gasteiger partial charge in [-0.05, 0) is 48.4 Å². The highest BCUT2D eigenvalue weighted by atomic mass is 32.2. The molecule has 3 aromatic carbocycles. The lowest BCUT2D eigenvalue weighted by atomic mass is 10.0. The van der Waals surface area contributed by atoms with Crippen molar-refractivity contribution in [2.75, 3.05) is 23.8 Å². The van der Waals surface area contributed by atoms with Crippen LogP contribution in [0.5, 0.6) is 11.5 Å². The first-order valence-corrected chi connectivity index (χ1v) is 13.8. The van der Waals surface area contributed by atoms with Crippen LogP contribution in [0.25, 0.3) is 0 Å². The van der Waals surface area contributed by atoms with Crippen molar-refractivity contribution in [1.29, 1.82) is 0 Å². The fourth-order valence-corrected chi connectivity index (χ4v) is 6.16. The van der Waals surface area contributed by atoms with E-state index < -0.39 is 10.0 Å². The van der Waals surface area contributed by atoms with Crippen molar-refractivity contribution < 1.29 is 17.9 Å². The Morgan fingerprint density at radius 2 is 1.75 bits per heavy atom. The predicted octanol–water partition coefficient (Wildman–Crippen LogP) is 6.12. The number of methoxy groups -OCH3 is 2. The molecule has 0 spiro atoms. The van der Waals surface area contributed by atoms with Gasteiger partial charge in [0, 0.05) is 28.9 Å². The monoisotopic (exact) mass is 523 g/mol. The summed E-state index contributed by atoms with van der Waals surface area (Å²) in [5.74, 6) is 1.17. The summed E-state index contributed by atoms with van der Waals surface area (Å²) in [6.45, 7) is 2.18. The van der Waals surface area contributed by atoms with Crippen molar-refractivity contribution >= 4 is 32.2 Å². The number of thiazole rings is 1. The Morgan fingerprint density at radius 1 is 1.00 bits per heavy atom. The van der Waals surface area contributed by atoms with E-state index in [0.29, 0.717) is 22.2 Å². The smallest absolute Gasteiger partial charge is 0.266 e. The number of rotatable bonds is 11. The van der Waals surface area contributed by atoms with E-state index in [-0.39, 0.29) is 17.5 Å². The minimum Gasteiger partial charge on any atom is -0.497 e. The molecule has 1 heterocycles. The van der Waals surface area contributed by atoms with Gasteiger partial charge in [0.2, 0.25) is 0 Å². The summed E-state index contributed by atoms with van der Waals surface area (Å²) in [6.07, 6.45) is 2.49. The third-order valence-corrected chi connectivity index (χ3v) is 8.49. The molecule has 0 bridgehead atoms. The lowest BCUT2D eigenvalue weighted by molar-refractivity contribution is 0.391. The quantitative estimate of drug-likeness (QED) is 0.255. The van der Waals surface area contributed by atoms with E-state index in [1.54, 1.807) is 68.3 Å². The van der Waals surface area contributed by atoms with Crippen LogP contribution in [0, 0.1) is 0 Å². The van der Waals surface area contributed by atoms with Crippen molar-refractivity contribution in [2.24, 2.45) is 0 Å². The maximum Gasteiger partial charge on any atom is 0.266 e. The number of nitrogens with zero attached hydrogens (tertiary/aromatic N) is 2. The van der Waals surface area contributed by atoms with E-state index >= 15 is 0 Å². The van der Waals surface area contributed by atoms with Gasteiger partial charge in [-0.25, -0.2) is 17.7 Å². The summed E-state index contributed by atoms with van der Waals surface area (Å²) < 4.78 is 39.6. The van der Waals surface area contributed by atoms with E-state index in [2.05, 4.69) is 29.4 Å². The number of benzene rings is 3. The van der Waals surface area contributed by atoms with Gasteiger partial charge in [0.05, 0.1) is 31.7 Å². The molecule has 0 aliphatic rings. The Balaban J connectivity index is 1.61. The second-order valence-corrected chi connectivity index (χ2v) is 10.8. The van der Waals surface area contributed by atoms with Crippen LogP contribution in [-0.4, -0.2) is 27.6 Å². The molecular weight excluding hydrogens is 494 g/mol. The number of hydrogen-bond acceptors (Lipinski definition) is 7. The summed E-state index contributed by atoms with van der Waals surface area (Å²) >= 11 is 1.26. The topological polar surface area (TPSA) is 80.8 Å². The molecule has 1 aromatic heterocycles. The summed E-state index contributed by atoms with van der Waals surface area (Å²) in [5, 5.41) is 5.63. The van der Waals surface area contributed by atoms with Gasteiger partial charge in [-0.1, -0.05) is 37.3 Å². The zero-order valence-electron chi connectivity index (χ0n) is 20.4. The van der Waals surface area contributed by atoms with Crippen LogP contribution in [0.15, 0.2) is 89.3 Å². The molecular formula is C27H29N3O4S2. The van der Waals surface area contributed by atoms with Gasteiger partial charge in [-0.3, -0.25) is 0 Å². The first-order valence-electron chi connectivity index (χ1n) is 11.5. The third-order valence-electron chi connectivity index (χ3n) is 5.83. The average molecular weight is 524 g/mol. The van der Waals surface area contributed by atoms with Gasteiger partial charge >= 0.3 is 0 Å². The van der Waals surface area contributed by atoms with E-state index in [9.17, 15) is 8.42 Å². The number of hydrogen-bond donors (Lipinski definition) is 1. The number of anilines is 2. The third kappa shape index (κ3) is 5.63.